The maximum Gasteiger partial charge on any atom is 0.435 e. The summed E-state index contributed by atoms with van der Waals surface area (Å²) in [5.74, 6) is -1.29. The number of carbonyl (C=O) groups is 4. The Balaban J connectivity index is 2.46. The number of aromatic nitrogens is 2. The average molecular weight is 452 g/mol. The van der Waals surface area contributed by atoms with Crippen molar-refractivity contribution in [2.24, 2.45) is 0 Å². The van der Waals surface area contributed by atoms with Crippen LogP contribution >= 0.6 is 0 Å². The van der Waals surface area contributed by atoms with Gasteiger partial charge in [-0.15, -0.1) is 0 Å². The predicted octanol–water partition coefficient (Wildman–Crippen LogP) is 3.48. The van der Waals surface area contributed by atoms with Gasteiger partial charge >= 0.3 is 18.2 Å². The minimum atomic E-state index is -0.770. The number of esters is 1. The van der Waals surface area contributed by atoms with E-state index in [1.54, 1.807) is 48.5 Å². The summed E-state index contributed by atoms with van der Waals surface area (Å²) in [5.41, 5.74) is -0.652. The lowest BCUT2D eigenvalue weighted by Gasteiger charge is -2.35. The molecule has 2 heterocycles. The van der Waals surface area contributed by atoms with Crippen LogP contribution < -0.4 is 0 Å². The van der Waals surface area contributed by atoms with Gasteiger partial charge in [0, 0.05) is 18.0 Å². The van der Waals surface area contributed by atoms with Crippen LogP contribution in [0.4, 0.5) is 9.59 Å². The first-order chi connectivity index (χ1) is 14.6. The number of fused-ring (bicyclic) bond motifs is 1. The number of hydrogen-bond acceptors (Lipinski definition) is 8. The van der Waals surface area contributed by atoms with Crippen molar-refractivity contribution in [2.45, 2.75) is 92.0 Å². The molecule has 32 heavy (non-hydrogen) atoms. The fourth-order valence-electron chi connectivity index (χ4n) is 3.25. The lowest BCUT2D eigenvalue weighted by molar-refractivity contribution is -0.141. The predicted molar refractivity (Wildman–Crippen MR) is 114 cm³/mol. The molecule has 1 amide bonds. The second-order valence-corrected chi connectivity index (χ2v) is 9.73. The molecule has 0 bridgehead atoms. The number of Topliss-reactive ketones (excluding diaryl/α,β-unsaturated/α-hetero) is 1. The normalized spacial score (nSPS) is 16.2. The zero-order chi connectivity index (χ0) is 24.4. The highest BCUT2D eigenvalue weighted by atomic mass is 16.6. The maximum absolute atomic E-state index is 12.8. The highest BCUT2D eigenvalue weighted by molar-refractivity contribution is 6.06. The lowest BCUT2D eigenvalue weighted by Crippen LogP contribution is -2.45. The molecule has 1 atom stereocenters. The highest BCUT2D eigenvalue weighted by Gasteiger charge is 2.38. The third-order valence-electron chi connectivity index (χ3n) is 4.51. The summed E-state index contributed by atoms with van der Waals surface area (Å²) < 4.78 is 16.8. The van der Waals surface area contributed by atoms with Crippen LogP contribution in [0.3, 0.4) is 0 Å². The summed E-state index contributed by atoms with van der Waals surface area (Å²) in [5, 5.41) is 4.20. The zero-order valence-electron chi connectivity index (χ0n) is 20.1. The molecule has 0 spiro atoms. The fourth-order valence-corrected chi connectivity index (χ4v) is 3.25. The van der Waals surface area contributed by atoms with Crippen molar-refractivity contribution in [3.05, 3.63) is 17.0 Å². The van der Waals surface area contributed by atoms with E-state index in [1.165, 1.54) is 4.90 Å². The molecule has 0 unspecified atom stereocenters. The first-order valence-corrected chi connectivity index (χ1v) is 10.7. The molecular formula is C22H33N3O7. The minimum absolute atomic E-state index is 0.0120. The van der Waals surface area contributed by atoms with Crippen molar-refractivity contribution in [1.29, 1.82) is 0 Å². The average Bonchev–Trinajstić information content (AvgIpc) is 2.96. The highest BCUT2D eigenvalue weighted by Crippen LogP contribution is 2.29. The lowest BCUT2D eigenvalue weighted by atomic mass is 9.98. The Bertz CT molecular complexity index is 906. The van der Waals surface area contributed by atoms with Gasteiger partial charge in [-0.1, -0.05) is 0 Å². The van der Waals surface area contributed by atoms with Gasteiger partial charge in [-0.3, -0.25) is 9.59 Å². The molecule has 0 saturated heterocycles. The van der Waals surface area contributed by atoms with E-state index in [-0.39, 0.29) is 31.3 Å². The first-order valence-electron chi connectivity index (χ1n) is 10.7. The second-order valence-electron chi connectivity index (χ2n) is 9.73. The quantitative estimate of drug-likeness (QED) is 0.296. The molecule has 0 N–H and O–H groups in total. The Morgan fingerprint density at radius 3 is 2.09 bits per heavy atom. The molecule has 178 valence electrons. The SMILES string of the molecule is CCOC(=O)CC(=O)c1nn(C(=O)OC(C)(C)C)c2c1CN(C(=O)OC(C)(C)C)[C@H](C)C2. The van der Waals surface area contributed by atoms with Gasteiger partial charge in [-0.05, 0) is 55.4 Å². The van der Waals surface area contributed by atoms with Gasteiger partial charge in [0.25, 0.3) is 0 Å². The molecule has 1 aromatic rings. The van der Waals surface area contributed by atoms with Gasteiger partial charge in [-0.25, -0.2) is 9.59 Å². The largest absolute Gasteiger partial charge is 0.466 e. The maximum atomic E-state index is 12.8. The molecule has 1 aromatic heterocycles. The van der Waals surface area contributed by atoms with Gasteiger partial charge in [0.05, 0.1) is 18.8 Å². The van der Waals surface area contributed by atoms with E-state index in [9.17, 15) is 19.2 Å². The molecule has 10 heteroatoms. The Morgan fingerprint density at radius 2 is 1.56 bits per heavy atom. The van der Waals surface area contributed by atoms with Gasteiger partial charge in [0.15, 0.2) is 5.78 Å². The molecule has 0 radical (unpaired) electrons. The van der Waals surface area contributed by atoms with E-state index < -0.39 is 41.6 Å². The van der Waals surface area contributed by atoms with Crippen molar-refractivity contribution in [2.75, 3.05) is 6.61 Å². The number of hydrogen-bond donors (Lipinski definition) is 0. The number of rotatable bonds is 4. The van der Waals surface area contributed by atoms with Crippen LogP contribution in [0.2, 0.25) is 0 Å². The third kappa shape index (κ3) is 6.30. The smallest absolute Gasteiger partial charge is 0.435 e. The van der Waals surface area contributed by atoms with Gasteiger partial charge < -0.3 is 19.1 Å². The van der Waals surface area contributed by atoms with Crippen LogP contribution in [-0.4, -0.2) is 62.5 Å². The van der Waals surface area contributed by atoms with E-state index in [1.807, 2.05) is 6.92 Å². The van der Waals surface area contributed by atoms with Crippen molar-refractivity contribution in [3.63, 3.8) is 0 Å². The Kier molecular flexibility index (Phi) is 7.36. The van der Waals surface area contributed by atoms with E-state index >= 15 is 0 Å². The number of carbonyl (C=O) groups excluding carboxylic acids is 4. The van der Waals surface area contributed by atoms with Crippen LogP contribution in [0.25, 0.3) is 0 Å². The van der Waals surface area contributed by atoms with E-state index in [2.05, 4.69) is 5.10 Å². The summed E-state index contributed by atoms with van der Waals surface area (Å²) in [4.78, 5) is 51.7. The zero-order valence-corrected chi connectivity index (χ0v) is 20.1. The van der Waals surface area contributed by atoms with Gasteiger partial charge in [0.1, 0.15) is 23.3 Å². The molecular weight excluding hydrogens is 418 g/mol. The topological polar surface area (TPSA) is 117 Å². The number of ether oxygens (including phenoxy) is 3. The van der Waals surface area contributed by atoms with Crippen LogP contribution in [0, 0.1) is 0 Å². The van der Waals surface area contributed by atoms with Crippen molar-refractivity contribution in [1.82, 2.24) is 14.7 Å². The summed E-state index contributed by atoms with van der Waals surface area (Å²) in [6.45, 7) is 14.1. The van der Waals surface area contributed by atoms with Crippen molar-refractivity contribution in [3.8, 4) is 0 Å². The second kappa shape index (κ2) is 9.30. The third-order valence-corrected chi connectivity index (χ3v) is 4.51. The Hall–Kier alpha value is -2.91. The molecule has 1 aliphatic rings. The van der Waals surface area contributed by atoms with Crippen LogP contribution in [-0.2, 0) is 32.0 Å². The van der Waals surface area contributed by atoms with E-state index in [0.29, 0.717) is 11.3 Å². The standard InChI is InChI=1S/C22H33N3O7/c1-9-30-17(27)11-16(26)18-14-12-24(19(28)31-21(3,4)5)13(2)10-15(14)25(23-18)20(29)32-22(6,7)8/h13H,9-12H2,1-8H3/t13-/m1/s1. The summed E-state index contributed by atoms with van der Waals surface area (Å²) >= 11 is 0. The Labute approximate surface area is 188 Å². The van der Waals surface area contributed by atoms with E-state index in [0.717, 1.165) is 4.68 Å². The van der Waals surface area contributed by atoms with Gasteiger partial charge in [0.2, 0.25) is 0 Å². The van der Waals surface area contributed by atoms with Crippen molar-refractivity contribution < 1.29 is 33.4 Å². The summed E-state index contributed by atoms with van der Waals surface area (Å²) in [6, 6.07) is -0.316. The minimum Gasteiger partial charge on any atom is -0.466 e. The van der Waals surface area contributed by atoms with Gasteiger partial charge in [-0.2, -0.15) is 9.78 Å². The monoisotopic (exact) mass is 451 g/mol. The number of amides is 1. The molecule has 10 nitrogen and oxygen atoms in total. The molecule has 0 fully saturated rings. The van der Waals surface area contributed by atoms with Crippen LogP contribution in [0.15, 0.2) is 0 Å². The van der Waals surface area contributed by atoms with Crippen molar-refractivity contribution >= 4 is 23.9 Å². The summed E-state index contributed by atoms with van der Waals surface area (Å²) in [7, 11) is 0. The van der Waals surface area contributed by atoms with Crippen LogP contribution in [0.1, 0.15) is 83.6 Å². The fraction of sp³-hybridized carbons (Fsp3) is 0.682. The number of ketones is 1. The molecule has 0 aliphatic carbocycles. The molecule has 1 aliphatic heterocycles. The molecule has 0 aromatic carbocycles. The molecule has 2 rings (SSSR count). The van der Waals surface area contributed by atoms with E-state index in [4.69, 9.17) is 14.2 Å². The number of nitrogens with zero attached hydrogens (tertiary/aromatic N) is 3. The summed E-state index contributed by atoms with van der Waals surface area (Å²) in [6.07, 6.45) is -1.53. The molecule has 0 saturated carbocycles. The first kappa shape index (κ1) is 25.4. The Morgan fingerprint density at radius 1 is 1.00 bits per heavy atom. The van der Waals surface area contributed by atoms with Crippen LogP contribution in [0.5, 0.6) is 0 Å².